The second kappa shape index (κ2) is 6.62. The largest absolute Gasteiger partial charge is 0.368 e. The molecule has 2 nitrogen and oxygen atoms in total. The lowest BCUT2D eigenvalue weighted by atomic mass is 10.0. The van der Waals surface area contributed by atoms with Crippen molar-refractivity contribution in [1.29, 1.82) is 0 Å². The maximum Gasteiger partial charge on any atom is 0.0367 e. The first-order valence-corrected chi connectivity index (χ1v) is 8.10. The molecule has 2 atom stereocenters. The van der Waals surface area contributed by atoms with Crippen LogP contribution in [0.1, 0.15) is 40.2 Å². The van der Waals surface area contributed by atoms with E-state index in [0.717, 1.165) is 25.6 Å². The Hall–Kier alpha value is -1.02. The zero-order valence-electron chi connectivity index (χ0n) is 13.8. The Kier molecular flexibility index (Phi) is 5.09. The molecule has 0 radical (unpaired) electrons. The molecule has 0 aromatic heterocycles. The van der Waals surface area contributed by atoms with Gasteiger partial charge >= 0.3 is 0 Å². The van der Waals surface area contributed by atoms with E-state index in [-0.39, 0.29) is 0 Å². The normalized spacial score (nSPS) is 24.4. The predicted octanol–water partition coefficient (Wildman–Crippen LogP) is 3.80. The number of rotatable bonds is 4. The van der Waals surface area contributed by atoms with Crippen LogP contribution < -0.4 is 4.90 Å². The fourth-order valence-electron chi connectivity index (χ4n) is 3.51. The first-order valence-electron chi connectivity index (χ1n) is 8.10. The Bertz CT molecular complexity index is 398. The third kappa shape index (κ3) is 3.54. The molecule has 1 aromatic carbocycles. The fraction of sp³-hybridized carbons (Fsp3) is 0.667. The minimum absolute atomic E-state index is 0.638. The number of likely N-dealkylation sites (N-methyl/N-ethyl adjacent to an activating group) is 1. The van der Waals surface area contributed by atoms with Crippen LogP contribution in [-0.2, 0) is 6.42 Å². The lowest BCUT2D eigenvalue weighted by Crippen LogP contribution is -2.56. The van der Waals surface area contributed by atoms with E-state index in [1.165, 1.54) is 17.7 Å². The predicted molar refractivity (Wildman–Crippen MR) is 88.5 cm³/mol. The molecule has 1 saturated heterocycles. The van der Waals surface area contributed by atoms with Gasteiger partial charge in [-0.25, -0.2) is 0 Å². The highest BCUT2D eigenvalue weighted by Gasteiger charge is 2.28. The summed E-state index contributed by atoms with van der Waals surface area (Å²) in [5.74, 6) is 0.731. The van der Waals surface area contributed by atoms with E-state index < -0.39 is 0 Å². The van der Waals surface area contributed by atoms with Gasteiger partial charge in [-0.15, -0.1) is 0 Å². The molecule has 0 spiro atoms. The van der Waals surface area contributed by atoms with Crippen LogP contribution in [0.4, 0.5) is 5.69 Å². The first kappa shape index (κ1) is 15.4. The summed E-state index contributed by atoms with van der Waals surface area (Å²) in [6, 6.07) is 10.5. The van der Waals surface area contributed by atoms with Crippen LogP contribution in [0, 0.1) is 5.92 Å². The number of benzene rings is 1. The summed E-state index contributed by atoms with van der Waals surface area (Å²) in [6.07, 6.45) is 1.18. The van der Waals surface area contributed by atoms with Crippen LogP contribution in [0.5, 0.6) is 0 Å². The number of hydrogen-bond donors (Lipinski definition) is 0. The number of nitrogens with zero attached hydrogens (tertiary/aromatic N) is 2. The number of piperazine rings is 1. The quantitative estimate of drug-likeness (QED) is 0.824. The van der Waals surface area contributed by atoms with Crippen LogP contribution in [0.3, 0.4) is 0 Å². The van der Waals surface area contributed by atoms with Gasteiger partial charge in [0.1, 0.15) is 0 Å². The van der Waals surface area contributed by atoms with Gasteiger partial charge in [-0.1, -0.05) is 32.9 Å². The summed E-state index contributed by atoms with van der Waals surface area (Å²) in [4.78, 5) is 5.14. The van der Waals surface area contributed by atoms with E-state index in [2.05, 4.69) is 68.7 Å². The monoisotopic (exact) mass is 274 g/mol. The Balaban J connectivity index is 2.05. The molecule has 20 heavy (non-hydrogen) atoms. The van der Waals surface area contributed by atoms with Gasteiger partial charge in [0.05, 0.1) is 0 Å². The molecule has 0 saturated carbocycles. The summed E-state index contributed by atoms with van der Waals surface area (Å²) >= 11 is 0. The fourth-order valence-corrected chi connectivity index (χ4v) is 3.51. The Morgan fingerprint density at radius 2 is 1.60 bits per heavy atom. The molecule has 0 amide bonds. The SMILES string of the molecule is CCN1[C@H](C)CN(c2ccc(CC(C)C)cc2)C[C@@H]1C. The topological polar surface area (TPSA) is 6.48 Å². The van der Waals surface area contributed by atoms with E-state index in [9.17, 15) is 0 Å². The van der Waals surface area contributed by atoms with Gasteiger partial charge in [-0.3, -0.25) is 4.90 Å². The standard InChI is InChI=1S/C18H30N2/c1-6-20-15(4)12-19(13-16(20)5)18-9-7-17(8-10-18)11-14(2)3/h7-10,14-16H,6,11-13H2,1-5H3/t15-,16+. The molecular weight excluding hydrogens is 244 g/mol. The minimum Gasteiger partial charge on any atom is -0.368 e. The van der Waals surface area contributed by atoms with Gasteiger partial charge in [0.2, 0.25) is 0 Å². The van der Waals surface area contributed by atoms with Crippen molar-refractivity contribution in [2.45, 2.75) is 53.1 Å². The molecule has 1 heterocycles. The van der Waals surface area contributed by atoms with Crippen molar-refractivity contribution in [2.24, 2.45) is 5.92 Å². The van der Waals surface area contributed by atoms with Gasteiger partial charge in [-0.05, 0) is 50.4 Å². The molecule has 112 valence electrons. The third-order valence-electron chi connectivity index (χ3n) is 4.41. The van der Waals surface area contributed by atoms with E-state index in [4.69, 9.17) is 0 Å². The minimum atomic E-state index is 0.638. The van der Waals surface area contributed by atoms with Gasteiger partial charge in [0, 0.05) is 30.9 Å². The molecule has 0 aliphatic carbocycles. The summed E-state index contributed by atoms with van der Waals surface area (Å²) in [5.41, 5.74) is 2.84. The maximum atomic E-state index is 2.60. The molecule has 1 aliphatic heterocycles. The van der Waals surface area contributed by atoms with Gasteiger partial charge in [0.15, 0.2) is 0 Å². The Labute approximate surface area is 124 Å². The van der Waals surface area contributed by atoms with Crippen molar-refractivity contribution in [3.05, 3.63) is 29.8 Å². The zero-order chi connectivity index (χ0) is 14.7. The summed E-state index contributed by atoms with van der Waals surface area (Å²) in [5, 5.41) is 0. The smallest absolute Gasteiger partial charge is 0.0367 e. The second-order valence-corrected chi connectivity index (χ2v) is 6.70. The number of hydrogen-bond acceptors (Lipinski definition) is 2. The molecule has 2 rings (SSSR count). The highest BCUT2D eigenvalue weighted by molar-refractivity contribution is 5.48. The summed E-state index contributed by atoms with van der Waals surface area (Å²) in [6.45, 7) is 15.0. The molecule has 1 aromatic rings. The molecule has 1 fully saturated rings. The van der Waals surface area contributed by atoms with E-state index in [1.54, 1.807) is 0 Å². The van der Waals surface area contributed by atoms with Crippen LogP contribution in [0.2, 0.25) is 0 Å². The van der Waals surface area contributed by atoms with E-state index in [1.807, 2.05) is 0 Å². The summed E-state index contributed by atoms with van der Waals surface area (Å²) < 4.78 is 0. The van der Waals surface area contributed by atoms with E-state index in [0.29, 0.717) is 12.1 Å². The molecule has 0 unspecified atom stereocenters. The van der Waals surface area contributed by atoms with Crippen molar-refractivity contribution in [2.75, 3.05) is 24.5 Å². The highest BCUT2D eigenvalue weighted by atomic mass is 15.3. The van der Waals surface area contributed by atoms with Crippen molar-refractivity contribution in [1.82, 2.24) is 4.90 Å². The van der Waals surface area contributed by atoms with Crippen molar-refractivity contribution >= 4 is 5.69 Å². The van der Waals surface area contributed by atoms with Gasteiger partial charge < -0.3 is 4.90 Å². The lowest BCUT2D eigenvalue weighted by Gasteiger charge is -2.45. The van der Waals surface area contributed by atoms with Gasteiger partial charge in [0.25, 0.3) is 0 Å². The van der Waals surface area contributed by atoms with Crippen LogP contribution >= 0.6 is 0 Å². The molecular formula is C18H30N2. The average Bonchev–Trinajstić information content (AvgIpc) is 2.38. The second-order valence-electron chi connectivity index (χ2n) is 6.70. The number of anilines is 1. The highest BCUT2D eigenvalue weighted by Crippen LogP contribution is 2.23. The van der Waals surface area contributed by atoms with Gasteiger partial charge in [-0.2, -0.15) is 0 Å². The average molecular weight is 274 g/mol. The Morgan fingerprint density at radius 3 is 2.05 bits per heavy atom. The first-order chi connectivity index (χ1) is 9.51. The Morgan fingerprint density at radius 1 is 1.05 bits per heavy atom. The lowest BCUT2D eigenvalue weighted by molar-refractivity contribution is 0.140. The van der Waals surface area contributed by atoms with Crippen LogP contribution in [-0.4, -0.2) is 36.6 Å². The van der Waals surface area contributed by atoms with Crippen molar-refractivity contribution in [3.8, 4) is 0 Å². The van der Waals surface area contributed by atoms with Crippen LogP contribution in [0.15, 0.2) is 24.3 Å². The molecule has 0 bridgehead atoms. The van der Waals surface area contributed by atoms with Crippen LogP contribution in [0.25, 0.3) is 0 Å². The zero-order valence-corrected chi connectivity index (χ0v) is 13.8. The summed E-state index contributed by atoms with van der Waals surface area (Å²) in [7, 11) is 0. The van der Waals surface area contributed by atoms with E-state index >= 15 is 0 Å². The van der Waals surface area contributed by atoms with Crippen molar-refractivity contribution < 1.29 is 0 Å². The molecule has 0 N–H and O–H groups in total. The molecule has 1 aliphatic rings. The molecule has 2 heteroatoms. The maximum absolute atomic E-state index is 2.60. The van der Waals surface area contributed by atoms with Crippen molar-refractivity contribution in [3.63, 3.8) is 0 Å². The third-order valence-corrected chi connectivity index (χ3v) is 4.41.